The molecule has 0 aliphatic rings. The van der Waals surface area contributed by atoms with Gasteiger partial charge in [0.25, 0.3) is 5.91 Å². The number of amides is 1. The molecule has 0 saturated carbocycles. The smallest absolute Gasteiger partial charge is 0.255 e. The summed E-state index contributed by atoms with van der Waals surface area (Å²) in [7, 11) is 0. The maximum Gasteiger partial charge on any atom is 0.255 e. The quantitative estimate of drug-likeness (QED) is 0.881. The highest BCUT2D eigenvalue weighted by Gasteiger charge is 2.16. The van der Waals surface area contributed by atoms with Crippen molar-refractivity contribution in [3.05, 3.63) is 34.1 Å². The number of nitrogens with two attached hydrogens (primary N) is 1. The maximum atomic E-state index is 13.3. The van der Waals surface area contributed by atoms with Crippen LogP contribution in [-0.2, 0) is 0 Å². The van der Waals surface area contributed by atoms with Gasteiger partial charge in [-0.15, -0.1) is 0 Å². The summed E-state index contributed by atoms with van der Waals surface area (Å²) in [4.78, 5) is 11.6. The lowest BCUT2D eigenvalue weighted by Crippen LogP contribution is -2.38. The predicted molar refractivity (Wildman–Crippen MR) is 60.1 cm³/mol. The molecule has 5 heteroatoms. The van der Waals surface area contributed by atoms with Gasteiger partial charge in [0.15, 0.2) is 0 Å². The van der Waals surface area contributed by atoms with E-state index < -0.39 is 11.7 Å². The van der Waals surface area contributed by atoms with Crippen LogP contribution in [0.3, 0.4) is 0 Å². The van der Waals surface area contributed by atoms with Gasteiger partial charge in [0.1, 0.15) is 5.82 Å². The number of hydrogen-bond donors (Lipinski definition) is 2. The summed E-state index contributed by atoms with van der Waals surface area (Å²) < 4.78 is 13.8. The molecular weight excluding hydrogens is 263 g/mol. The van der Waals surface area contributed by atoms with Gasteiger partial charge < -0.3 is 11.1 Å². The van der Waals surface area contributed by atoms with Gasteiger partial charge in [0.2, 0.25) is 0 Å². The highest BCUT2D eigenvalue weighted by atomic mass is 79.9. The predicted octanol–water partition coefficient (Wildman–Crippen LogP) is 1.67. The molecule has 1 aromatic rings. The summed E-state index contributed by atoms with van der Waals surface area (Å²) >= 11 is 3.13. The molecular formula is C10H12BrFN2O. The van der Waals surface area contributed by atoms with E-state index in [0.717, 1.165) is 0 Å². The van der Waals surface area contributed by atoms with Crippen LogP contribution in [0.25, 0.3) is 0 Å². The molecule has 0 aromatic heterocycles. The van der Waals surface area contributed by atoms with Crippen LogP contribution in [-0.4, -0.2) is 18.5 Å². The Morgan fingerprint density at radius 3 is 2.87 bits per heavy atom. The first-order valence-corrected chi connectivity index (χ1v) is 5.30. The zero-order chi connectivity index (χ0) is 11.4. The van der Waals surface area contributed by atoms with Gasteiger partial charge in [0, 0.05) is 17.1 Å². The molecule has 0 bridgehead atoms. The first kappa shape index (κ1) is 12.1. The van der Waals surface area contributed by atoms with Crippen molar-refractivity contribution >= 4 is 21.8 Å². The van der Waals surface area contributed by atoms with Gasteiger partial charge in [-0.2, -0.15) is 0 Å². The summed E-state index contributed by atoms with van der Waals surface area (Å²) in [5.41, 5.74) is 5.37. The van der Waals surface area contributed by atoms with E-state index in [2.05, 4.69) is 21.2 Å². The van der Waals surface area contributed by atoms with Crippen molar-refractivity contribution in [1.82, 2.24) is 5.32 Å². The maximum absolute atomic E-state index is 13.3. The fraction of sp³-hybridized carbons (Fsp3) is 0.300. The minimum atomic E-state index is -0.550. The minimum absolute atomic E-state index is 0.0119. The van der Waals surface area contributed by atoms with E-state index in [1.807, 2.05) is 0 Å². The van der Waals surface area contributed by atoms with Crippen molar-refractivity contribution in [2.45, 2.75) is 13.0 Å². The van der Waals surface area contributed by atoms with Gasteiger partial charge in [0.05, 0.1) is 5.56 Å². The number of halogens is 2. The highest BCUT2D eigenvalue weighted by Crippen LogP contribution is 2.19. The van der Waals surface area contributed by atoms with E-state index >= 15 is 0 Å². The van der Waals surface area contributed by atoms with Crippen molar-refractivity contribution in [3.8, 4) is 0 Å². The van der Waals surface area contributed by atoms with Crippen molar-refractivity contribution in [3.63, 3.8) is 0 Å². The van der Waals surface area contributed by atoms with E-state index in [1.165, 1.54) is 12.1 Å². The molecule has 1 aromatic carbocycles. The van der Waals surface area contributed by atoms with E-state index in [1.54, 1.807) is 13.0 Å². The molecule has 1 atom stereocenters. The van der Waals surface area contributed by atoms with Gasteiger partial charge in [-0.1, -0.05) is 6.07 Å². The molecule has 0 aliphatic carbocycles. The molecule has 0 fully saturated rings. The van der Waals surface area contributed by atoms with E-state index in [-0.39, 0.29) is 11.6 Å². The third kappa shape index (κ3) is 3.00. The van der Waals surface area contributed by atoms with Gasteiger partial charge in [-0.3, -0.25) is 4.79 Å². The fourth-order valence-electron chi connectivity index (χ4n) is 1.07. The van der Waals surface area contributed by atoms with Crippen LogP contribution < -0.4 is 11.1 Å². The van der Waals surface area contributed by atoms with Crippen LogP contribution in [0.5, 0.6) is 0 Å². The van der Waals surface area contributed by atoms with Crippen LogP contribution in [0, 0.1) is 5.82 Å². The summed E-state index contributed by atoms with van der Waals surface area (Å²) in [5.74, 6) is -1.01. The summed E-state index contributed by atoms with van der Waals surface area (Å²) in [6.07, 6.45) is 0. The number of carbonyl (C=O) groups is 1. The van der Waals surface area contributed by atoms with Gasteiger partial charge in [-0.05, 0) is 35.0 Å². The second-order valence-electron chi connectivity index (χ2n) is 3.21. The molecule has 1 rings (SSSR count). The normalized spacial score (nSPS) is 12.3. The summed E-state index contributed by atoms with van der Waals surface area (Å²) in [5, 5.41) is 2.59. The molecule has 15 heavy (non-hydrogen) atoms. The van der Waals surface area contributed by atoms with Gasteiger partial charge in [-0.25, -0.2) is 4.39 Å². The number of hydrogen-bond acceptors (Lipinski definition) is 2. The second-order valence-corrected chi connectivity index (χ2v) is 4.06. The molecule has 82 valence electrons. The third-order valence-electron chi connectivity index (χ3n) is 1.92. The van der Waals surface area contributed by atoms with Crippen LogP contribution in [0.4, 0.5) is 4.39 Å². The third-order valence-corrected chi connectivity index (χ3v) is 2.58. The van der Waals surface area contributed by atoms with Crippen molar-refractivity contribution in [2.24, 2.45) is 5.73 Å². The van der Waals surface area contributed by atoms with Crippen LogP contribution in [0.2, 0.25) is 0 Å². The lowest BCUT2D eigenvalue weighted by Gasteiger charge is -2.12. The largest absolute Gasteiger partial charge is 0.348 e. The second kappa shape index (κ2) is 5.23. The SMILES string of the molecule is CC(CN)NC(=O)c1c(F)cccc1Br. The zero-order valence-corrected chi connectivity index (χ0v) is 9.84. The fourth-order valence-corrected chi connectivity index (χ4v) is 1.59. The lowest BCUT2D eigenvalue weighted by molar-refractivity contribution is 0.0936. The monoisotopic (exact) mass is 274 g/mol. The molecule has 0 aliphatic heterocycles. The Kier molecular flexibility index (Phi) is 4.23. The van der Waals surface area contributed by atoms with Crippen molar-refractivity contribution in [2.75, 3.05) is 6.54 Å². The number of rotatable bonds is 3. The molecule has 3 N–H and O–H groups in total. The Morgan fingerprint density at radius 1 is 1.67 bits per heavy atom. The molecule has 0 spiro atoms. The Labute approximate surface area is 96.0 Å². The van der Waals surface area contributed by atoms with Gasteiger partial charge >= 0.3 is 0 Å². The van der Waals surface area contributed by atoms with Crippen molar-refractivity contribution < 1.29 is 9.18 Å². The summed E-state index contributed by atoms with van der Waals surface area (Å²) in [6.45, 7) is 2.07. The summed E-state index contributed by atoms with van der Waals surface area (Å²) in [6, 6.07) is 4.21. The zero-order valence-electron chi connectivity index (χ0n) is 8.26. The van der Waals surface area contributed by atoms with Crippen LogP contribution in [0.15, 0.2) is 22.7 Å². The standard InChI is InChI=1S/C10H12BrFN2O/c1-6(5-13)14-10(15)9-7(11)3-2-4-8(9)12/h2-4,6H,5,13H2,1H3,(H,14,15). The highest BCUT2D eigenvalue weighted by molar-refractivity contribution is 9.10. The number of benzene rings is 1. The Balaban J connectivity index is 2.91. The minimum Gasteiger partial charge on any atom is -0.348 e. The molecule has 0 heterocycles. The number of nitrogens with one attached hydrogen (secondary N) is 1. The Bertz CT molecular complexity index is 350. The topological polar surface area (TPSA) is 55.1 Å². The van der Waals surface area contributed by atoms with E-state index in [4.69, 9.17) is 5.73 Å². The molecule has 0 radical (unpaired) electrons. The molecule has 3 nitrogen and oxygen atoms in total. The van der Waals surface area contributed by atoms with Crippen molar-refractivity contribution in [1.29, 1.82) is 0 Å². The first-order valence-electron chi connectivity index (χ1n) is 4.51. The van der Waals surface area contributed by atoms with Crippen LogP contribution in [0.1, 0.15) is 17.3 Å². The average molecular weight is 275 g/mol. The first-order chi connectivity index (χ1) is 7.06. The van der Waals surface area contributed by atoms with Crippen LogP contribution >= 0.6 is 15.9 Å². The Morgan fingerprint density at radius 2 is 2.33 bits per heavy atom. The molecule has 1 unspecified atom stereocenters. The Hall–Kier alpha value is -0.940. The van der Waals surface area contributed by atoms with E-state index in [9.17, 15) is 9.18 Å². The molecule has 1 amide bonds. The molecule has 0 saturated heterocycles. The average Bonchev–Trinajstić information content (AvgIpc) is 2.17. The van der Waals surface area contributed by atoms with E-state index in [0.29, 0.717) is 11.0 Å². The lowest BCUT2D eigenvalue weighted by atomic mass is 10.2. The number of carbonyl (C=O) groups excluding carboxylic acids is 1.